The van der Waals surface area contributed by atoms with Crippen LogP contribution in [-0.2, 0) is 0 Å². The predicted molar refractivity (Wildman–Crippen MR) is 125 cm³/mol. The number of fused-ring (bicyclic) bond motifs is 2. The number of nitrogens with zero attached hydrogens (tertiary/aromatic N) is 5. The van der Waals surface area contributed by atoms with Crippen molar-refractivity contribution in [1.29, 1.82) is 0 Å². The van der Waals surface area contributed by atoms with Crippen LogP contribution < -0.4 is 10.1 Å². The maximum absolute atomic E-state index is 8.76. The lowest BCUT2D eigenvalue weighted by atomic mass is 10.0. The lowest BCUT2D eigenvalue weighted by Crippen LogP contribution is -2.25. The van der Waals surface area contributed by atoms with Crippen molar-refractivity contribution in [2.45, 2.75) is 39.7 Å². The van der Waals surface area contributed by atoms with Gasteiger partial charge in [-0.2, -0.15) is 0 Å². The highest BCUT2D eigenvalue weighted by atomic mass is 16.5. The first-order chi connectivity index (χ1) is 14.6. The fraction of sp³-hybridized carbons (Fsp3) is 0.435. The Kier molecular flexibility index (Phi) is 7.33. The minimum absolute atomic E-state index is 0.303. The van der Waals surface area contributed by atoms with Crippen LogP contribution in [0.5, 0.6) is 5.75 Å². The van der Waals surface area contributed by atoms with Gasteiger partial charge in [-0.25, -0.2) is 4.98 Å². The summed E-state index contributed by atoms with van der Waals surface area (Å²) in [5, 5.41) is 9.47. The SMILES string of the molecule is CCN(CC)CCCC(C)Nc1c2ccc(N=[N+]=[N-])cc2nc2ccc(OC)cc12. The monoisotopic (exact) mass is 406 g/mol. The molecule has 0 spiro atoms. The van der Waals surface area contributed by atoms with Crippen molar-refractivity contribution < 1.29 is 4.74 Å². The van der Waals surface area contributed by atoms with Crippen LogP contribution in [0, 0.1) is 0 Å². The van der Waals surface area contributed by atoms with Gasteiger partial charge in [-0.05, 0) is 69.2 Å². The van der Waals surface area contributed by atoms with Crippen LogP contribution in [0.4, 0.5) is 11.4 Å². The second-order valence-electron chi connectivity index (χ2n) is 7.48. The summed E-state index contributed by atoms with van der Waals surface area (Å²) in [4.78, 5) is 10.1. The van der Waals surface area contributed by atoms with E-state index in [1.165, 1.54) is 0 Å². The molecule has 3 aromatic rings. The summed E-state index contributed by atoms with van der Waals surface area (Å²) in [7, 11) is 1.67. The largest absolute Gasteiger partial charge is 0.497 e. The summed E-state index contributed by atoms with van der Waals surface area (Å²) in [6.07, 6.45) is 2.21. The second-order valence-corrected chi connectivity index (χ2v) is 7.48. The van der Waals surface area contributed by atoms with Crippen molar-refractivity contribution in [2.75, 3.05) is 32.1 Å². The summed E-state index contributed by atoms with van der Waals surface area (Å²) in [6.45, 7) is 9.92. The van der Waals surface area contributed by atoms with Gasteiger partial charge >= 0.3 is 0 Å². The first kappa shape index (κ1) is 21.7. The molecule has 0 fully saturated rings. The van der Waals surface area contributed by atoms with Crippen LogP contribution in [0.25, 0.3) is 32.2 Å². The maximum Gasteiger partial charge on any atom is 0.119 e. The maximum atomic E-state index is 8.76. The summed E-state index contributed by atoms with van der Waals surface area (Å²) in [6, 6.07) is 11.8. The predicted octanol–water partition coefficient (Wildman–Crippen LogP) is 6.26. The lowest BCUT2D eigenvalue weighted by Gasteiger charge is -2.22. The van der Waals surface area contributed by atoms with E-state index < -0.39 is 0 Å². The smallest absolute Gasteiger partial charge is 0.119 e. The van der Waals surface area contributed by atoms with Crippen LogP contribution in [0.15, 0.2) is 41.5 Å². The molecule has 1 unspecified atom stereocenters. The fourth-order valence-electron chi connectivity index (χ4n) is 3.79. The number of nitrogens with one attached hydrogen (secondary N) is 1. The lowest BCUT2D eigenvalue weighted by molar-refractivity contribution is 0.295. The van der Waals surface area contributed by atoms with Crippen LogP contribution in [0.3, 0.4) is 0 Å². The van der Waals surface area contributed by atoms with Crippen LogP contribution in [0.1, 0.15) is 33.6 Å². The van der Waals surface area contributed by atoms with Gasteiger partial charge in [0.25, 0.3) is 0 Å². The Bertz CT molecular complexity index is 1060. The second kappa shape index (κ2) is 10.1. The molecule has 0 aliphatic rings. The van der Waals surface area contributed by atoms with E-state index in [0.717, 1.165) is 65.7 Å². The first-order valence-corrected chi connectivity index (χ1v) is 10.5. The number of methoxy groups -OCH3 is 1. The number of ether oxygens (including phenoxy) is 1. The van der Waals surface area contributed by atoms with Crippen molar-refractivity contribution in [3.05, 3.63) is 46.8 Å². The Morgan fingerprint density at radius 2 is 1.93 bits per heavy atom. The van der Waals surface area contributed by atoms with Gasteiger partial charge in [0.2, 0.25) is 0 Å². The summed E-state index contributed by atoms with van der Waals surface area (Å²) in [5.41, 5.74) is 12.0. The molecular formula is C23H30N6O. The third-order valence-electron chi connectivity index (χ3n) is 5.52. The van der Waals surface area contributed by atoms with E-state index in [-0.39, 0.29) is 0 Å². The molecule has 30 heavy (non-hydrogen) atoms. The van der Waals surface area contributed by atoms with Gasteiger partial charge in [0.15, 0.2) is 0 Å². The van der Waals surface area contributed by atoms with Gasteiger partial charge in [0.05, 0.1) is 23.8 Å². The molecule has 0 saturated carbocycles. The van der Waals surface area contributed by atoms with Gasteiger partial charge in [-0.3, -0.25) is 0 Å². The number of pyridine rings is 1. The zero-order valence-electron chi connectivity index (χ0n) is 18.2. The number of azide groups is 1. The number of hydrogen-bond donors (Lipinski definition) is 1. The van der Waals surface area contributed by atoms with Gasteiger partial charge in [0.1, 0.15) is 5.75 Å². The third kappa shape index (κ3) is 4.93. The van der Waals surface area contributed by atoms with Crippen LogP contribution >= 0.6 is 0 Å². The Morgan fingerprint density at radius 1 is 1.13 bits per heavy atom. The number of rotatable bonds is 10. The van der Waals surface area contributed by atoms with E-state index in [0.29, 0.717) is 11.7 Å². The Hall–Kier alpha value is -3.02. The van der Waals surface area contributed by atoms with E-state index in [1.807, 2.05) is 36.4 Å². The quantitative estimate of drug-likeness (QED) is 0.186. The van der Waals surface area contributed by atoms with Crippen molar-refractivity contribution >= 4 is 33.2 Å². The fourth-order valence-corrected chi connectivity index (χ4v) is 3.79. The highest BCUT2D eigenvalue weighted by molar-refractivity contribution is 6.08. The Labute approximate surface area is 177 Å². The van der Waals surface area contributed by atoms with Crippen molar-refractivity contribution in [1.82, 2.24) is 9.88 Å². The standard InChI is InChI=1S/C23H30N6O/c1-5-29(6-2)13-7-8-16(3)25-23-19-11-9-17(27-28-24)14-22(19)26-21-12-10-18(30-4)15-20(21)23/h9-12,14-16H,5-8,13H2,1-4H3,(H,25,26). The van der Waals surface area contributed by atoms with Crippen molar-refractivity contribution in [3.8, 4) is 5.75 Å². The molecule has 0 amide bonds. The number of hydrogen-bond acceptors (Lipinski definition) is 5. The minimum Gasteiger partial charge on any atom is -0.497 e. The third-order valence-corrected chi connectivity index (χ3v) is 5.52. The molecule has 0 aliphatic heterocycles. The molecule has 0 radical (unpaired) electrons. The molecular weight excluding hydrogens is 376 g/mol. The normalized spacial score (nSPS) is 12.2. The topological polar surface area (TPSA) is 86.2 Å². The van der Waals surface area contributed by atoms with E-state index in [2.05, 4.69) is 41.0 Å². The zero-order chi connectivity index (χ0) is 21.5. The molecule has 0 aliphatic carbocycles. The molecule has 0 bridgehead atoms. The van der Waals surface area contributed by atoms with E-state index >= 15 is 0 Å². The summed E-state index contributed by atoms with van der Waals surface area (Å²) < 4.78 is 5.45. The molecule has 1 heterocycles. The first-order valence-electron chi connectivity index (χ1n) is 10.5. The van der Waals surface area contributed by atoms with Crippen LogP contribution in [0.2, 0.25) is 0 Å². The van der Waals surface area contributed by atoms with E-state index in [9.17, 15) is 0 Å². The molecule has 1 atom stereocenters. The van der Waals surface area contributed by atoms with Crippen molar-refractivity contribution in [3.63, 3.8) is 0 Å². The van der Waals surface area contributed by atoms with E-state index in [4.69, 9.17) is 15.3 Å². The van der Waals surface area contributed by atoms with Crippen LogP contribution in [-0.4, -0.2) is 42.7 Å². The number of aromatic nitrogens is 1. The number of benzene rings is 2. The van der Waals surface area contributed by atoms with Gasteiger partial charge < -0.3 is 15.0 Å². The minimum atomic E-state index is 0.303. The summed E-state index contributed by atoms with van der Waals surface area (Å²) in [5.74, 6) is 0.798. The average Bonchev–Trinajstić information content (AvgIpc) is 2.76. The van der Waals surface area contributed by atoms with Gasteiger partial charge in [-0.1, -0.05) is 31.1 Å². The molecule has 7 nitrogen and oxygen atoms in total. The molecule has 3 rings (SSSR count). The zero-order valence-corrected chi connectivity index (χ0v) is 18.2. The highest BCUT2D eigenvalue weighted by Crippen LogP contribution is 2.35. The molecule has 0 saturated heterocycles. The van der Waals surface area contributed by atoms with Crippen molar-refractivity contribution in [2.24, 2.45) is 5.11 Å². The van der Waals surface area contributed by atoms with E-state index in [1.54, 1.807) is 7.11 Å². The van der Waals surface area contributed by atoms with Gasteiger partial charge in [-0.15, -0.1) is 0 Å². The Morgan fingerprint density at radius 3 is 2.63 bits per heavy atom. The highest BCUT2D eigenvalue weighted by Gasteiger charge is 2.13. The molecule has 1 aromatic heterocycles. The molecule has 158 valence electrons. The summed E-state index contributed by atoms with van der Waals surface area (Å²) >= 11 is 0. The Balaban J connectivity index is 1.97. The molecule has 2 aromatic carbocycles. The molecule has 1 N–H and O–H groups in total. The number of anilines is 1. The average molecular weight is 407 g/mol. The van der Waals surface area contributed by atoms with Gasteiger partial charge in [0, 0.05) is 27.4 Å². The molecule has 7 heteroatoms.